The molecule has 9 rings (SSSR count). The van der Waals surface area contributed by atoms with E-state index in [0.29, 0.717) is 29.9 Å². The zero-order valence-corrected chi connectivity index (χ0v) is 29.2. The number of aromatic amines is 2. The molecule has 53 heavy (non-hydrogen) atoms. The fourth-order valence-electron chi connectivity index (χ4n) is 8.56. The van der Waals surface area contributed by atoms with Gasteiger partial charge in [-0.1, -0.05) is 78.9 Å². The molecule has 1 aliphatic carbocycles. The molecular formula is C41H42N8O4. The number of nitrogens with zero attached hydrogens (tertiary/aromatic N) is 4. The van der Waals surface area contributed by atoms with Gasteiger partial charge in [0.1, 0.15) is 17.7 Å². The van der Waals surface area contributed by atoms with Crippen molar-refractivity contribution < 1.29 is 19.5 Å². The molecule has 4 aliphatic rings. The number of nitrogens with one attached hydrogen (secondary N) is 4. The van der Waals surface area contributed by atoms with Crippen molar-refractivity contribution in [3.8, 4) is 33.6 Å². The number of hydrogen-bond acceptors (Lipinski definition) is 6. The summed E-state index contributed by atoms with van der Waals surface area (Å²) < 4.78 is 0. The minimum Gasteiger partial charge on any atom is -0.465 e. The number of hydrogen-bond donors (Lipinski definition) is 5. The third-order valence-electron chi connectivity index (χ3n) is 11.4. The van der Waals surface area contributed by atoms with Gasteiger partial charge < -0.3 is 35.5 Å². The Morgan fingerprint density at radius 3 is 1.81 bits per heavy atom. The molecule has 2 aromatic heterocycles. The first-order valence-electron chi connectivity index (χ1n) is 18.6. The molecule has 270 valence electrons. The number of imidazole rings is 2. The van der Waals surface area contributed by atoms with E-state index in [9.17, 15) is 19.5 Å². The molecule has 5 aromatic rings. The zero-order chi connectivity index (χ0) is 36.1. The van der Waals surface area contributed by atoms with E-state index >= 15 is 0 Å². The number of aromatic nitrogens is 4. The van der Waals surface area contributed by atoms with Crippen molar-refractivity contribution in [1.29, 1.82) is 0 Å². The van der Waals surface area contributed by atoms with Crippen molar-refractivity contribution in [2.45, 2.75) is 68.7 Å². The Labute approximate surface area is 307 Å². The molecule has 0 radical (unpaired) electrons. The molecule has 3 saturated heterocycles. The van der Waals surface area contributed by atoms with Gasteiger partial charge in [-0.2, -0.15) is 0 Å². The van der Waals surface area contributed by atoms with Crippen LogP contribution in [0.25, 0.3) is 33.6 Å². The molecule has 6 atom stereocenters. The Hall–Kier alpha value is -5.75. The normalized spacial score (nSPS) is 23.9. The molecule has 0 bridgehead atoms. The van der Waals surface area contributed by atoms with Crippen molar-refractivity contribution in [3.05, 3.63) is 108 Å². The average Bonchev–Trinajstić information content (AvgIpc) is 3.90. The molecule has 3 aromatic carbocycles. The molecular weight excluding hydrogens is 669 g/mol. The first kappa shape index (κ1) is 33.1. The van der Waals surface area contributed by atoms with Crippen LogP contribution in [0.15, 0.2) is 91.3 Å². The van der Waals surface area contributed by atoms with Crippen LogP contribution in [-0.2, 0) is 9.59 Å². The number of carboxylic acid groups (broad SMARTS) is 1. The molecule has 0 unspecified atom stereocenters. The molecule has 12 heteroatoms. The van der Waals surface area contributed by atoms with Crippen LogP contribution in [0.1, 0.15) is 73.9 Å². The molecule has 4 fully saturated rings. The van der Waals surface area contributed by atoms with Gasteiger partial charge in [0.15, 0.2) is 0 Å². The Kier molecular flexibility index (Phi) is 8.54. The van der Waals surface area contributed by atoms with Gasteiger partial charge in [-0.15, -0.1) is 0 Å². The third kappa shape index (κ3) is 6.48. The van der Waals surface area contributed by atoms with Crippen molar-refractivity contribution >= 4 is 17.9 Å². The highest BCUT2D eigenvalue weighted by Crippen LogP contribution is 2.42. The van der Waals surface area contributed by atoms with Crippen LogP contribution in [0.4, 0.5) is 4.79 Å². The molecule has 5 N–H and O–H groups in total. The number of fused-ring (bicyclic) bond motifs is 1. The summed E-state index contributed by atoms with van der Waals surface area (Å²) in [6.45, 7) is 1.31. The minimum absolute atomic E-state index is 0.00794. The van der Waals surface area contributed by atoms with Gasteiger partial charge >= 0.3 is 6.09 Å². The van der Waals surface area contributed by atoms with E-state index in [1.807, 2.05) is 17.2 Å². The number of likely N-dealkylation sites (tertiary alicyclic amines) is 2. The number of rotatable bonds is 9. The second-order valence-corrected chi connectivity index (χ2v) is 14.7. The van der Waals surface area contributed by atoms with E-state index in [4.69, 9.17) is 4.98 Å². The Morgan fingerprint density at radius 2 is 1.26 bits per heavy atom. The van der Waals surface area contributed by atoms with Gasteiger partial charge in [0.25, 0.3) is 5.91 Å². The van der Waals surface area contributed by atoms with E-state index in [-0.39, 0.29) is 29.9 Å². The lowest BCUT2D eigenvalue weighted by atomic mass is 10.0. The lowest BCUT2D eigenvalue weighted by Crippen LogP contribution is -2.44. The highest BCUT2D eigenvalue weighted by Gasteiger charge is 2.49. The van der Waals surface area contributed by atoms with Crippen LogP contribution in [0, 0.1) is 5.92 Å². The molecule has 0 spiro atoms. The highest BCUT2D eigenvalue weighted by atomic mass is 16.4. The fourth-order valence-corrected chi connectivity index (χ4v) is 8.56. The van der Waals surface area contributed by atoms with E-state index in [2.05, 4.69) is 74.1 Å². The summed E-state index contributed by atoms with van der Waals surface area (Å²) in [5, 5.41) is 15.4. The van der Waals surface area contributed by atoms with Gasteiger partial charge in [0.2, 0.25) is 5.91 Å². The fraction of sp³-hybridized carbons (Fsp3) is 0.341. The molecule has 3 amide bonds. The number of carbonyl (C=O) groups is 3. The van der Waals surface area contributed by atoms with Crippen molar-refractivity contribution in [2.75, 3.05) is 13.1 Å². The van der Waals surface area contributed by atoms with Crippen LogP contribution < -0.4 is 10.6 Å². The quantitative estimate of drug-likeness (QED) is 0.121. The van der Waals surface area contributed by atoms with Gasteiger partial charge in [-0.3, -0.25) is 9.59 Å². The van der Waals surface area contributed by atoms with E-state index in [0.717, 1.165) is 78.1 Å². The van der Waals surface area contributed by atoms with Crippen LogP contribution >= 0.6 is 0 Å². The van der Waals surface area contributed by atoms with Gasteiger partial charge in [0, 0.05) is 19.1 Å². The van der Waals surface area contributed by atoms with E-state index in [1.54, 1.807) is 35.4 Å². The summed E-state index contributed by atoms with van der Waals surface area (Å²) in [5.74, 6) is 2.16. The smallest absolute Gasteiger partial charge is 0.405 e. The summed E-state index contributed by atoms with van der Waals surface area (Å²) in [6.07, 6.45) is 8.04. The van der Waals surface area contributed by atoms with Crippen molar-refractivity contribution in [2.24, 2.45) is 5.92 Å². The highest BCUT2D eigenvalue weighted by molar-refractivity contribution is 5.87. The lowest BCUT2D eigenvalue weighted by Gasteiger charge is -2.28. The molecule has 3 aliphatic heterocycles. The molecule has 12 nitrogen and oxygen atoms in total. The second kappa shape index (κ2) is 13.7. The van der Waals surface area contributed by atoms with Gasteiger partial charge in [0.05, 0.1) is 41.9 Å². The first-order chi connectivity index (χ1) is 25.9. The number of H-pyrrole nitrogens is 2. The summed E-state index contributed by atoms with van der Waals surface area (Å²) in [5.41, 5.74) is 6.56. The Bertz CT molecular complexity index is 2120. The molecule has 1 saturated carbocycles. The van der Waals surface area contributed by atoms with E-state index in [1.165, 1.54) is 6.42 Å². The average molecular weight is 711 g/mol. The maximum atomic E-state index is 13.7. The largest absolute Gasteiger partial charge is 0.465 e. The standard InChI is InChI=1S/C41H42N8O4/c50-39(31-21-29-20-30(29)44-31)48-18-4-8-34(48)37-42-22-32(45-37)26-14-10-24(11-15-26)25-12-16-27(17-13-25)33-23-43-38(46-33)35-9-5-19-49(35)40(51)36(47-41(52)53)28-6-2-1-3-7-28/h1-3,6-7,10-17,22-23,29-31,34-36,44,47H,4-5,8-9,18-21H2,(H,42,45)(H,43,46)(H,52,53)/t29-,30-,31-,34-,35-,36+/m0/s1. The third-order valence-corrected chi connectivity index (χ3v) is 11.4. The van der Waals surface area contributed by atoms with Gasteiger partial charge in [-0.05, 0) is 72.3 Å². The predicted octanol–water partition coefficient (Wildman–Crippen LogP) is 6.22. The van der Waals surface area contributed by atoms with E-state index < -0.39 is 12.1 Å². The van der Waals surface area contributed by atoms with Crippen LogP contribution in [0.5, 0.6) is 0 Å². The zero-order valence-electron chi connectivity index (χ0n) is 29.2. The number of benzene rings is 3. The topological polar surface area (TPSA) is 159 Å². The molecule has 5 heterocycles. The lowest BCUT2D eigenvalue weighted by molar-refractivity contribution is -0.135. The predicted molar refractivity (Wildman–Crippen MR) is 198 cm³/mol. The monoisotopic (exact) mass is 710 g/mol. The van der Waals surface area contributed by atoms with Crippen molar-refractivity contribution in [3.63, 3.8) is 0 Å². The van der Waals surface area contributed by atoms with Crippen LogP contribution in [0.2, 0.25) is 0 Å². The second-order valence-electron chi connectivity index (χ2n) is 14.7. The number of amides is 3. The Morgan fingerprint density at radius 1 is 0.717 bits per heavy atom. The van der Waals surface area contributed by atoms with Crippen molar-refractivity contribution in [1.82, 2.24) is 40.4 Å². The number of carbonyl (C=O) groups excluding carboxylic acids is 2. The van der Waals surface area contributed by atoms with Crippen LogP contribution in [-0.4, -0.2) is 77.9 Å². The minimum atomic E-state index is -1.25. The summed E-state index contributed by atoms with van der Waals surface area (Å²) in [7, 11) is 0. The maximum absolute atomic E-state index is 13.7. The number of piperidine rings is 1. The summed E-state index contributed by atoms with van der Waals surface area (Å²) >= 11 is 0. The first-order valence-corrected chi connectivity index (χ1v) is 18.6. The maximum Gasteiger partial charge on any atom is 0.405 e. The Balaban J connectivity index is 0.856. The SMILES string of the molecule is O=C(O)N[C@@H](C(=O)N1CCC[C@H]1c1ncc(-c2ccc(-c3ccc(-c4cnc([C@@H]5CCCN5C(=O)[C@@H]5C[C@@H]6C[C@@H]6N5)[nH]4)cc3)cc2)[nH]1)c1ccccc1. The summed E-state index contributed by atoms with van der Waals surface area (Å²) in [4.78, 5) is 58.7. The van der Waals surface area contributed by atoms with Gasteiger partial charge in [-0.25, -0.2) is 14.8 Å². The van der Waals surface area contributed by atoms with Crippen LogP contribution in [0.3, 0.4) is 0 Å². The summed E-state index contributed by atoms with van der Waals surface area (Å²) in [6, 6.07) is 24.8.